The van der Waals surface area contributed by atoms with Gasteiger partial charge in [-0.15, -0.1) is 0 Å². The monoisotopic (exact) mass is 708 g/mol. The van der Waals surface area contributed by atoms with Crippen molar-refractivity contribution in [1.29, 1.82) is 5.26 Å². The molecule has 5 aliphatic carbocycles. The van der Waals surface area contributed by atoms with Crippen molar-refractivity contribution in [3.05, 3.63) is 195 Å². The number of benzene rings is 4. The number of para-hydroxylation sites is 1. The molecular weight excluding hydrogens is 669 g/mol. The average molecular weight is 709 g/mol. The second-order valence-corrected chi connectivity index (χ2v) is 16.0. The van der Waals surface area contributed by atoms with Crippen LogP contribution in [0.2, 0.25) is 0 Å². The van der Waals surface area contributed by atoms with E-state index >= 15 is 0 Å². The van der Waals surface area contributed by atoms with Gasteiger partial charge in [0, 0.05) is 35.5 Å². The number of nitrogens with zero attached hydrogens (tertiary/aromatic N) is 3. The Morgan fingerprint density at radius 2 is 1.51 bits per heavy atom. The minimum absolute atomic E-state index is 0.0467. The second kappa shape index (κ2) is 11.4. The van der Waals surface area contributed by atoms with E-state index in [2.05, 4.69) is 155 Å². The van der Waals surface area contributed by atoms with Crippen LogP contribution in [-0.4, -0.2) is 13.1 Å². The normalized spacial score (nSPS) is 22.8. The first kappa shape index (κ1) is 31.1. The highest BCUT2D eigenvalue weighted by Gasteiger charge is 2.56. The first-order chi connectivity index (χ1) is 27.2. The van der Waals surface area contributed by atoms with E-state index in [1.807, 2.05) is 7.05 Å². The Bertz CT molecular complexity index is 2690. The summed E-state index contributed by atoms with van der Waals surface area (Å²) >= 11 is 0. The van der Waals surface area contributed by atoms with Crippen LogP contribution in [0.4, 0.5) is 22.7 Å². The third kappa shape index (κ3) is 3.90. The predicted molar refractivity (Wildman–Crippen MR) is 224 cm³/mol. The molecule has 0 saturated carbocycles. The summed E-state index contributed by atoms with van der Waals surface area (Å²) in [5.74, 6) is 0.128. The van der Waals surface area contributed by atoms with Crippen LogP contribution in [0.15, 0.2) is 173 Å². The van der Waals surface area contributed by atoms with Gasteiger partial charge in [-0.05, 0) is 119 Å². The summed E-state index contributed by atoms with van der Waals surface area (Å²) in [6.07, 6.45) is 24.8. The van der Waals surface area contributed by atoms with Gasteiger partial charge in [0.25, 0.3) is 0 Å². The van der Waals surface area contributed by atoms with E-state index < -0.39 is 5.41 Å². The van der Waals surface area contributed by atoms with E-state index in [1.165, 1.54) is 89.7 Å². The Kier molecular flexibility index (Phi) is 6.42. The van der Waals surface area contributed by atoms with Crippen molar-refractivity contribution in [3.8, 4) is 17.2 Å². The van der Waals surface area contributed by atoms with Crippen molar-refractivity contribution in [1.82, 2.24) is 0 Å². The van der Waals surface area contributed by atoms with E-state index in [0.29, 0.717) is 0 Å². The largest absolute Gasteiger partial charge is 0.388 e. The molecule has 55 heavy (non-hydrogen) atoms. The lowest BCUT2D eigenvalue weighted by Gasteiger charge is -2.55. The molecule has 8 aliphatic rings. The number of anilines is 4. The van der Waals surface area contributed by atoms with Gasteiger partial charge < -0.3 is 15.1 Å². The molecule has 0 aromatic heterocycles. The molecule has 264 valence electrons. The Hall–Kier alpha value is -6.31. The van der Waals surface area contributed by atoms with Crippen LogP contribution in [0.1, 0.15) is 60.8 Å². The quantitative estimate of drug-likeness (QED) is 0.214. The fraction of sp³-hybridized carbons (Fsp3) is 0.196. The van der Waals surface area contributed by atoms with Gasteiger partial charge >= 0.3 is 0 Å². The van der Waals surface area contributed by atoms with Crippen molar-refractivity contribution in [2.45, 2.75) is 50.0 Å². The van der Waals surface area contributed by atoms with E-state index in [-0.39, 0.29) is 12.0 Å². The highest BCUT2D eigenvalue weighted by molar-refractivity contribution is 6.02. The molecule has 0 amide bonds. The summed E-state index contributed by atoms with van der Waals surface area (Å²) < 4.78 is 0. The van der Waals surface area contributed by atoms with Gasteiger partial charge in [0.05, 0.1) is 40.3 Å². The van der Waals surface area contributed by atoms with Gasteiger partial charge in [0.2, 0.25) is 0 Å². The second-order valence-electron chi connectivity index (χ2n) is 16.0. The maximum absolute atomic E-state index is 10.5. The van der Waals surface area contributed by atoms with E-state index in [9.17, 15) is 5.26 Å². The van der Waals surface area contributed by atoms with E-state index in [0.717, 1.165) is 49.8 Å². The van der Waals surface area contributed by atoms with Crippen LogP contribution in [0.25, 0.3) is 16.7 Å². The summed E-state index contributed by atoms with van der Waals surface area (Å²) in [6, 6.07) is 34.8. The molecular formula is C51H40N4. The van der Waals surface area contributed by atoms with Gasteiger partial charge in [-0.1, -0.05) is 109 Å². The molecule has 2 unspecified atom stereocenters. The minimum Gasteiger partial charge on any atom is -0.388 e. The SMILES string of the molecule is CNc1ccc2c(c1)N1C3=C(CCC=C3C23c2ccccc2-c2ccccc23)N2c3c(cccc31)C1=C(C=CCC1)C1=C(CCC=C1)C1C=CC(C#N)=CC12. The molecule has 3 heterocycles. The molecule has 4 nitrogen and oxygen atoms in total. The maximum Gasteiger partial charge on any atom is 0.0988 e. The molecule has 1 spiro atoms. The third-order valence-electron chi connectivity index (χ3n) is 13.6. The highest BCUT2D eigenvalue weighted by Crippen LogP contribution is 2.67. The van der Waals surface area contributed by atoms with Crippen LogP contribution in [-0.2, 0) is 5.41 Å². The van der Waals surface area contributed by atoms with Crippen LogP contribution in [0.5, 0.6) is 0 Å². The Labute approximate surface area is 322 Å². The number of allylic oxidation sites excluding steroid dienone is 12. The number of nitrogens with one attached hydrogen (secondary N) is 1. The summed E-state index contributed by atoms with van der Waals surface area (Å²) in [4.78, 5) is 5.37. The standard InChI is InChI=1S/C51H40N4/c1-53-32-25-27-43-48(29-32)55-45-22-10-18-40-36-15-5-3-13-34(36)33-12-2-4-14-35(33)39-26-24-31(30-52)28-47(39)54(49(40)45)46-23-11-21-44(50(46)55)51(43)41-19-8-6-16-37(41)38-17-7-9-20-42(38)51/h2-3,6-10,12-13,16-22,24-29,39,47,53H,4-5,11,14-15,23H2,1H3. The van der Waals surface area contributed by atoms with Crippen LogP contribution < -0.4 is 15.1 Å². The predicted octanol–water partition coefficient (Wildman–Crippen LogP) is 11.7. The number of rotatable bonds is 1. The molecule has 0 radical (unpaired) electrons. The van der Waals surface area contributed by atoms with Gasteiger partial charge in [-0.25, -0.2) is 0 Å². The molecule has 0 fully saturated rings. The topological polar surface area (TPSA) is 42.3 Å². The van der Waals surface area contributed by atoms with Crippen molar-refractivity contribution >= 4 is 28.3 Å². The lowest BCUT2D eigenvalue weighted by atomic mass is 9.61. The number of nitriles is 1. The molecule has 4 heteroatoms. The maximum atomic E-state index is 10.5. The highest BCUT2D eigenvalue weighted by atomic mass is 15.3. The number of fused-ring (bicyclic) bond motifs is 16. The van der Waals surface area contributed by atoms with E-state index in [4.69, 9.17) is 0 Å². The van der Waals surface area contributed by atoms with Gasteiger partial charge in [0.15, 0.2) is 0 Å². The molecule has 4 aromatic rings. The molecule has 0 bridgehead atoms. The van der Waals surface area contributed by atoms with Gasteiger partial charge in [-0.2, -0.15) is 5.26 Å². The molecule has 1 N–H and O–H groups in total. The fourth-order valence-electron chi connectivity index (χ4n) is 11.5. The fourth-order valence-corrected chi connectivity index (χ4v) is 11.5. The Balaban J connectivity index is 1.24. The van der Waals surface area contributed by atoms with Crippen LogP contribution in [0, 0.1) is 17.2 Å². The summed E-state index contributed by atoms with van der Waals surface area (Å²) in [6.45, 7) is 0. The number of hydrogen-bond donors (Lipinski definition) is 1. The lowest BCUT2D eigenvalue weighted by Crippen LogP contribution is -2.49. The van der Waals surface area contributed by atoms with Gasteiger partial charge in [0.1, 0.15) is 0 Å². The zero-order valence-corrected chi connectivity index (χ0v) is 30.9. The number of hydrogen-bond acceptors (Lipinski definition) is 4. The summed E-state index contributed by atoms with van der Waals surface area (Å²) in [5.41, 5.74) is 22.8. The first-order valence-corrected chi connectivity index (χ1v) is 20.0. The lowest BCUT2D eigenvalue weighted by molar-refractivity contribution is 0.567. The van der Waals surface area contributed by atoms with E-state index in [1.54, 1.807) is 0 Å². The Morgan fingerprint density at radius 3 is 2.31 bits per heavy atom. The summed E-state index contributed by atoms with van der Waals surface area (Å²) in [5, 5.41) is 14.0. The first-order valence-electron chi connectivity index (χ1n) is 20.0. The van der Waals surface area contributed by atoms with Gasteiger partial charge in [-0.3, -0.25) is 0 Å². The smallest absolute Gasteiger partial charge is 0.0988 e. The molecule has 4 aromatic carbocycles. The molecule has 3 aliphatic heterocycles. The van der Waals surface area contributed by atoms with Crippen molar-refractivity contribution < 1.29 is 0 Å². The third-order valence-corrected chi connectivity index (χ3v) is 13.6. The minimum atomic E-state index is -0.478. The molecule has 0 saturated heterocycles. The zero-order valence-electron chi connectivity index (χ0n) is 30.9. The van der Waals surface area contributed by atoms with Crippen molar-refractivity contribution in [3.63, 3.8) is 0 Å². The van der Waals surface area contributed by atoms with Crippen molar-refractivity contribution in [2.24, 2.45) is 5.92 Å². The Morgan fingerprint density at radius 1 is 0.745 bits per heavy atom. The average Bonchev–Trinajstić information content (AvgIpc) is 3.56. The molecule has 12 rings (SSSR count). The molecule has 2 atom stereocenters. The van der Waals surface area contributed by atoms with Crippen LogP contribution in [0.3, 0.4) is 0 Å². The zero-order chi connectivity index (χ0) is 36.4. The summed E-state index contributed by atoms with van der Waals surface area (Å²) in [7, 11) is 2.03. The van der Waals surface area contributed by atoms with Crippen LogP contribution >= 0.6 is 0 Å². The van der Waals surface area contributed by atoms with Crippen molar-refractivity contribution in [2.75, 3.05) is 22.2 Å².